The van der Waals surface area contributed by atoms with Crippen molar-refractivity contribution in [2.75, 3.05) is 0 Å². The Labute approximate surface area is 360 Å². The van der Waals surface area contributed by atoms with E-state index in [-0.39, 0.29) is 5.75 Å². The number of hydrogen-bond donors (Lipinski definition) is 2. The van der Waals surface area contributed by atoms with Crippen molar-refractivity contribution in [3.63, 3.8) is 0 Å². The molecule has 3 aromatic heterocycles. The molecule has 0 radical (unpaired) electrons. The fourth-order valence-corrected chi connectivity index (χ4v) is 17.7. The van der Waals surface area contributed by atoms with Crippen LogP contribution in [0.5, 0.6) is 5.75 Å². The third-order valence-corrected chi connectivity index (χ3v) is 20.9. The molecule has 0 fully saturated rings. The first-order valence-electron chi connectivity index (χ1n) is 20.3. The van der Waals surface area contributed by atoms with Gasteiger partial charge in [-0.3, -0.25) is 0 Å². The van der Waals surface area contributed by atoms with E-state index in [0.717, 1.165) is 33.0 Å². The molecule has 0 saturated heterocycles. The number of H-pyrrole nitrogens is 2. The molecule has 0 spiro atoms. The van der Waals surface area contributed by atoms with E-state index in [4.69, 9.17) is 34.1 Å². The first-order valence-corrected chi connectivity index (χ1v) is 24.4. The number of rotatable bonds is 6. The average molecular weight is 857 g/mol. The third-order valence-electron chi connectivity index (χ3n) is 11.7. The van der Waals surface area contributed by atoms with Gasteiger partial charge in [0.05, 0.1) is 0 Å². The van der Waals surface area contributed by atoms with Crippen molar-refractivity contribution in [3.05, 3.63) is 182 Å². The molecule has 0 unspecified atom stereocenters. The Morgan fingerprint density at radius 3 is 1.16 bits per heavy atom. The van der Waals surface area contributed by atoms with E-state index < -0.39 is 16.2 Å². The second-order valence-corrected chi connectivity index (χ2v) is 22.7. The number of fused-ring (bicyclic) bond motifs is 20. The summed E-state index contributed by atoms with van der Waals surface area (Å²) in [6, 6.07) is 56.9. The van der Waals surface area contributed by atoms with Crippen molar-refractivity contribution in [1.29, 1.82) is 0 Å². The molecule has 2 aliphatic heterocycles. The van der Waals surface area contributed by atoms with Crippen LogP contribution in [0.15, 0.2) is 182 Å². The van der Waals surface area contributed by atoms with Gasteiger partial charge in [-0.2, -0.15) is 0 Å². The summed E-state index contributed by atoms with van der Waals surface area (Å²) in [4.78, 5) is 37.4. The number of benzene rings is 7. The van der Waals surface area contributed by atoms with Crippen LogP contribution in [0.1, 0.15) is 0 Å². The van der Waals surface area contributed by atoms with Crippen LogP contribution >= 0.6 is 6.46 Å². The van der Waals surface area contributed by atoms with Crippen molar-refractivity contribution in [2.24, 2.45) is 0 Å². The number of aromatic amines is 2. The van der Waals surface area contributed by atoms with Gasteiger partial charge in [-0.1, -0.05) is 24.3 Å². The van der Waals surface area contributed by atoms with Crippen molar-refractivity contribution in [3.8, 4) is 51.3 Å². The second-order valence-electron chi connectivity index (χ2n) is 15.2. The maximum absolute atomic E-state index is 15.7. The number of aromatic nitrogens is 8. The van der Waals surface area contributed by atoms with E-state index in [0.29, 0.717) is 72.6 Å². The van der Waals surface area contributed by atoms with Crippen molar-refractivity contribution in [1.82, 2.24) is 39.9 Å². The van der Waals surface area contributed by atoms with Gasteiger partial charge in [0, 0.05) is 5.39 Å². The first-order chi connectivity index (χ1) is 31.0. The molecule has 7 aromatic carbocycles. The van der Waals surface area contributed by atoms with Crippen LogP contribution in [0, 0.1) is 0 Å². The predicted molar refractivity (Wildman–Crippen MR) is 252 cm³/mol. The molecule has 2 aliphatic rings. The Hall–Kier alpha value is -7.92. The Kier molecular flexibility index (Phi) is 8.40. The van der Waals surface area contributed by atoms with Gasteiger partial charge in [0.1, 0.15) is 0 Å². The van der Waals surface area contributed by atoms with E-state index in [1.807, 2.05) is 170 Å². The fourth-order valence-electron chi connectivity index (χ4n) is 8.86. The second kappa shape index (κ2) is 14.3. The standard InChI is InChI=1S/C50H33N8O3PS/c59-63(60,62(31-17-4-1-5-18-31,32-19-6-2-7-20-32)33-21-8-3-9-22-33)61-41-30-16-29-40-42(41)50-57-48-39-28-15-14-27-38(39)46(55-48)53-44-35-24-11-10-23-34(35)43(51-44)52-45-36-25-12-13-26-37(36)47(54-45)56-49(40)58-50/h1-30,62H,(H2,51,52,53,54,55,56,57,58). The van der Waals surface area contributed by atoms with Gasteiger partial charge < -0.3 is 0 Å². The normalized spacial score (nSPS) is 12.5. The molecule has 8 bridgehead atoms. The van der Waals surface area contributed by atoms with Gasteiger partial charge in [-0.05, 0) is 0 Å². The Bertz CT molecular complexity index is 3650. The molecule has 0 saturated carbocycles. The van der Waals surface area contributed by atoms with Crippen LogP contribution < -0.4 is 20.1 Å². The third kappa shape index (κ3) is 5.80. The molecule has 2 N–H and O–H groups in total. The molecular formula is C50H33N8O3PS. The summed E-state index contributed by atoms with van der Waals surface area (Å²) in [7, 11) is -4.53. The maximum atomic E-state index is 15.7. The molecular weight excluding hydrogens is 824 g/mol. The van der Waals surface area contributed by atoms with Gasteiger partial charge in [-0.25, -0.2) is 0 Å². The van der Waals surface area contributed by atoms with Crippen LogP contribution in [0.3, 0.4) is 0 Å². The van der Waals surface area contributed by atoms with Crippen LogP contribution in [0.4, 0.5) is 0 Å². The summed E-state index contributed by atoms with van der Waals surface area (Å²) < 4.78 is 38.1. The molecule has 302 valence electrons. The van der Waals surface area contributed by atoms with E-state index in [2.05, 4.69) is 9.97 Å². The first kappa shape index (κ1) is 36.9. The molecule has 11 nitrogen and oxygen atoms in total. The van der Waals surface area contributed by atoms with Crippen LogP contribution in [-0.4, -0.2) is 48.3 Å². The topological polar surface area (TPSA) is 152 Å². The molecule has 0 atom stereocenters. The van der Waals surface area contributed by atoms with Crippen LogP contribution in [0.2, 0.25) is 0 Å². The van der Waals surface area contributed by atoms with Crippen molar-refractivity contribution >= 4 is 76.2 Å². The van der Waals surface area contributed by atoms with E-state index in [1.165, 1.54) is 0 Å². The minimum atomic E-state index is -4.53. The summed E-state index contributed by atoms with van der Waals surface area (Å²) in [6.45, 7) is -4.04. The molecule has 12 rings (SSSR count). The monoisotopic (exact) mass is 856 g/mol. The van der Waals surface area contributed by atoms with Gasteiger partial charge in [-0.15, -0.1) is 0 Å². The van der Waals surface area contributed by atoms with E-state index in [9.17, 15) is 0 Å². The number of nitrogens with one attached hydrogen (secondary N) is 2. The molecule has 5 heterocycles. The summed E-state index contributed by atoms with van der Waals surface area (Å²) in [5.41, 5.74) is 5.03. The Balaban J connectivity index is 1.18. The molecule has 0 aliphatic carbocycles. The van der Waals surface area contributed by atoms with Crippen LogP contribution in [-0.2, 0) is 9.74 Å². The summed E-state index contributed by atoms with van der Waals surface area (Å²) >= 11 is 0. The van der Waals surface area contributed by atoms with E-state index >= 15 is 8.42 Å². The van der Waals surface area contributed by atoms with Crippen molar-refractivity contribution in [2.45, 2.75) is 0 Å². The Morgan fingerprint density at radius 1 is 0.365 bits per heavy atom. The molecule has 0 amide bonds. The zero-order valence-electron chi connectivity index (χ0n) is 33.1. The Morgan fingerprint density at radius 2 is 0.714 bits per heavy atom. The molecule has 13 heteroatoms. The average Bonchev–Trinajstić information content (AvgIpc) is 4.06. The zero-order chi connectivity index (χ0) is 42.1. The predicted octanol–water partition coefficient (Wildman–Crippen LogP) is 9.22. The summed E-state index contributed by atoms with van der Waals surface area (Å²) in [5, 5.41) is 4.70. The van der Waals surface area contributed by atoms with Gasteiger partial charge >= 0.3 is 332 Å². The summed E-state index contributed by atoms with van der Waals surface area (Å²) in [5.74, 6) is 1.83. The fraction of sp³-hybridized carbons (Fsp3) is 0. The number of nitrogens with zero attached hydrogens (tertiary/aromatic N) is 6. The quantitative estimate of drug-likeness (QED) is 0.156. The van der Waals surface area contributed by atoms with E-state index in [1.54, 1.807) is 12.1 Å². The van der Waals surface area contributed by atoms with Gasteiger partial charge in [0.15, 0.2) is 0 Å². The zero-order valence-corrected chi connectivity index (χ0v) is 35.0. The molecule has 63 heavy (non-hydrogen) atoms. The minimum absolute atomic E-state index is 0.0865. The van der Waals surface area contributed by atoms with Crippen molar-refractivity contribution < 1.29 is 12.6 Å². The van der Waals surface area contributed by atoms with Gasteiger partial charge in [0.25, 0.3) is 0 Å². The van der Waals surface area contributed by atoms with Gasteiger partial charge in [0.2, 0.25) is 0 Å². The summed E-state index contributed by atoms with van der Waals surface area (Å²) in [6.07, 6.45) is 0. The number of hydrogen-bond acceptors (Lipinski definition) is 9. The SMILES string of the molecule is O=S(=O)(Oc1cccc2c3nc4nc(nc5[nH]c(nc6nc(nc([nH]3)c12)-c1ccccc1-6)c1ccccc51)-c1ccccc1-4)[PH](c1ccccc1)(c1ccccc1)c1ccccc1. The van der Waals surface area contributed by atoms with Crippen LogP contribution in [0.25, 0.3) is 89.7 Å². The molecule has 10 aromatic rings.